The van der Waals surface area contributed by atoms with Crippen LogP contribution in [0.4, 0.5) is 0 Å². The standard InChI is InChI=1S/C17H21NO4/c1-12-6-7-14(9-13(12)2)22-10-16(19)18-11-17(3,20)15-5-4-8-21-15/h4-9,20H,10-11H2,1-3H3,(H,18,19). The van der Waals surface area contributed by atoms with Crippen molar-refractivity contribution in [2.75, 3.05) is 13.2 Å². The molecule has 2 aromatic rings. The van der Waals surface area contributed by atoms with Crippen molar-refractivity contribution >= 4 is 5.91 Å². The third kappa shape index (κ3) is 4.11. The first kappa shape index (κ1) is 16.1. The van der Waals surface area contributed by atoms with E-state index in [1.165, 1.54) is 11.8 Å². The van der Waals surface area contributed by atoms with Gasteiger partial charge in [-0.3, -0.25) is 4.79 Å². The highest BCUT2D eigenvalue weighted by Crippen LogP contribution is 2.20. The van der Waals surface area contributed by atoms with Gasteiger partial charge in [0.25, 0.3) is 5.91 Å². The van der Waals surface area contributed by atoms with Crippen molar-refractivity contribution in [3.63, 3.8) is 0 Å². The molecule has 118 valence electrons. The molecule has 0 radical (unpaired) electrons. The topological polar surface area (TPSA) is 71.7 Å². The molecule has 2 N–H and O–H groups in total. The quantitative estimate of drug-likeness (QED) is 0.859. The summed E-state index contributed by atoms with van der Waals surface area (Å²) >= 11 is 0. The number of aliphatic hydroxyl groups is 1. The Morgan fingerprint density at radius 2 is 2.09 bits per heavy atom. The molecule has 1 heterocycles. The molecular weight excluding hydrogens is 282 g/mol. The summed E-state index contributed by atoms with van der Waals surface area (Å²) in [7, 11) is 0. The number of ether oxygens (including phenoxy) is 1. The fourth-order valence-corrected chi connectivity index (χ4v) is 1.95. The van der Waals surface area contributed by atoms with Gasteiger partial charge in [0.1, 0.15) is 17.1 Å². The van der Waals surface area contributed by atoms with E-state index in [1.807, 2.05) is 32.0 Å². The summed E-state index contributed by atoms with van der Waals surface area (Å²) in [6.07, 6.45) is 1.48. The second-order valence-corrected chi connectivity index (χ2v) is 5.56. The van der Waals surface area contributed by atoms with Crippen molar-refractivity contribution in [2.45, 2.75) is 26.4 Å². The van der Waals surface area contributed by atoms with Crippen molar-refractivity contribution < 1.29 is 19.1 Å². The van der Waals surface area contributed by atoms with Gasteiger partial charge in [0, 0.05) is 0 Å². The zero-order chi connectivity index (χ0) is 16.2. The van der Waals surface area contributed by atoms with E-state index in [1.54, 1.807) is 19.1 Å². The first-order chi connectivity index (χ1) is 10.4. The second-order valence-electron chi connectivity index (χ2n) is 5.56. The summed E-state index contributed by atoms with van der Waals surface area (Å²) < 4.78 is 10.6. The van der Waals surface area contributed by atoms with Crippen LogP contribution in [-0.2, 0) is 10.4 Å². The molecule has 0 spiro atoms. The summed E-state index contributed by atoms with van der Waals surface area (Å²) in [6, 6.07) is 9.02. The molecule has 1 aromatic heterocycles. The van der Waals surface area contributed by atoms with Gasteiger partial charge in [-0.2, -0.15) is 0 Å². The molecule has 0 aliphatic carbocycles. The third-order valence-electron chi connectivity index (χ3n) is 3.53. The van der Waals surface area contributed by atoms with Gasteiger partial charge in [0.05, 0.1) is 12.8 Å². The van der Waals surface area contributed by atoms with Crippen LogP contribution in [-0.4, -0.2) is 24.2 Å². The van der Waals surface area contributed by atoms with Gasteiger partial charge in [-0.25, -0.2) is 0 Å². The van der Waals surface area contributed by atoms with E-state index in [4.69, 9.17) is 9.15 Å². The molecule has 0 saturated carbocycles. The molecule has 0 aliphatic heterocycles. The van der Waals surface area contributed by atoms with Crippen molar-refractivity contribution in [1.29, 1.82) is 0 Å². The molecule has 5 heteroatoms. The maximum Gasteiger partial charge on any atom is 0.258 e. The van der Waals surface area contributed by atoms with Crippen LogP contribution in [0.5, 0.6) is 5.75 Å². The third-order valence-corrected chi connectivity index (χ3v) is 3.53. The number of rotatable bonds is 6. The summed E-state index contributed by atoms with van der Waals surface area (Å²) in [4.78, 5) is 11.8. The molecule has 22 heavy (non-hydrogen) atoms. The first-order valence-corrected chi connectivity index (χ1v) is 7.11. The number of carbonyl (C=O) groups excluding carboxylic acids is 1. The highest BCUT2D eigenvalue weighted by molar-refractivity contribution is 5.77. The van der Waals surface area contributed by atoms with Crippen LogP contribution in [0.25, 0.3) is 0 Å². The normalized spacial score (nSPS) is 13.5. The van der Waals surface area contributed by atoms with Crippen LogP contribution in [0.15, 0.2) is 41.0 Å². The number of furan rings is 1. The van der Waals surface area contributed by atoms with Crippen LogP contribution in [0.2, 0.25) is 0 Å². The Kier molecular flexibility index (Phi) is 4.88. The summed E-state index contributed by atoms with van der Waals surface area (Å²) in [6.45, 7) is 5.54. The van der Waals surface area contributed by atoms with Crippen LogP contribution in [0, 0.1) is 13.8 Å². The van der Waals surface area contributed by atoms with Gasteiger partial charge in [0.2, 0.25) is 0 Å². The smallest absolute Gasteiger partial charge is 0.258 e. The molecule has 0 bridgehead atoms. The molecule has 0 aliphatic rings. The lowest BCUT2D eigenvalue weighted by Crippen LogP contribution is -2.40. The lowest BCUT2D eigenvalue weighted by molar-refractivity contribution is -0.124. The minimum Gasteiger partial charge on any atom is -0.484 e. The van der Waals surface area contributed by atoms with Gasteiger partial charge < -0.3 is 19.6 Å². The predicted octanol–water partition coefficient (Wildman–Crippen LogP) is 2.30. The van der Waals surface area contributed by atoms with Crippen LogP contribution >= 0.6 is 0 Å². The Labute approximate surface area is 129 Å². The monoisotopic (exact) mass is 303 g/mol. The number of benzene rings is 1. The number of aryl methyl sites for hydroxylation is 2. The van der Waals surface area contributed by atoms with E-state index < -0.39 is 5.60 Å². The molecule has 1 amide bonds. The number of amides is 1. The highest BCUT2D eigenvalue weighted by Gasteiger charge is 2.26. The van der Waals surface area contributed by atoms with Crippen molar-refractivity contribution in [3.05, 3.63) is 53.5 Å². The molecule has 1 aromatic carbocycles. The average molecular weight is 303 g/mol. The Bertz CT molecular complexity index is 632. The van der Waals surface area contributed by atoms with Gasteiger partial charge in [-0.05, 0) is 56.2 Å². The maximum atomic E-state index is 11.8. The number of hydrogen-bond donors (Lipinski definition) is 2. The number of hydrogen-bond acceptors (Lipinski definition) is 4. The first-order valence-electron chi connectivity index (χ1n) is 7.11. The van der Waals surface area contributed by atoms with E-state index in [9.17, 15) is 9.90 Å². The van der Waals surface area contributed by atoms with E-state index in [0.29, 0.717) is 11.5 Å². The van der Waals surface area contributed by atoms with E-state index >= 15 is 0 Å². The van der Waals surface area contributed by atoms with Gasteiger partial charge in [-0.1, -0.05) is 6.07 Å². The Morgan fingerprint density at radius 1 is 1.32 bits per heavy atom. The minimum absolute atomic E-state index is 0.0512. The zero-order valence-electron chi connectivity index (χ0n) is 13.1. The Hall–Kier alpha value is -2.27. The van der Waals surface area contributed by atoms with Gasteiger partial charge in [-0.15, -0.1) is 0 Å². The molecule has 5 nitrogen and oxygen atoms in total. The largest absolute Gasteiger partial charge is 0.484 e. The SMILES string of the molecule is Cc1ccc(OCC(=O)NCC(C)(O)c2ccco2)cc1C. The van der Waals surface area contributed by atoms with Crippen LogP contribution in [0.3, 0.4) is 0 Å². The van der Waals surface area contributed by atoms with Crippen LogP contribution < -0.4 is 10.1 Å². The number of nitrogens with one attached hydrogen (secondary N) is 1. The van der Waals surface area contributed by atoms with Crippen molar-refractivity contribution in [3.8, 4) is 5.75 Å². The fraction of sp³-hybridized carbons (Fsp3) is 0.353. The lowest BCUT2D eigenvalue weighted by atomic mass is 10.0. The number of carbonyl (C=O) groups is 1. The predicted molar refractivity (Wildman–Crippen MR) is 82.7 cm³/mol. The van der Waals surface area contributed by atoms with Crippen molar-refractivity contribution in [2.24, 2.45) is 0 Å². The summed E-state index contributed by atoms with van der Waals surface area (Å²) in [5.41, 5.74) is 1.03. The highest BCUT2D eigenvalue weighted by atomic mass is 16.5. The van der Waals surface area contributed by atoms with Gasteiger partial charge in [0.15, 0.2) is 6.61 Å². The van der Waals surface area contributed by atoms with Gasteiger partial charge >= 0.3 is 0 Å². The minimum atomic E-state index is -1.25. The van der Waals surface area contributed by atoms with Crippen LogP contribution in [0.1, 0.15) is 23.8 Å². The average Bonchev–Trinajstić information content (AvgIpc) is 3.01. The zero-order valence-corrected chi connectivity index (χ0v) is 13.1. The van der Waals surface area contributed by atoms with E-state index in [0.717, 1.165) is 5.56 Å². The molecule has 0 saturated heterocycles. The fourth-order valence-electron chi connectivity index (χ4n) is 1.95. The van der Waals surface area contributed by atoms with E-state index in [-0.39, 0.29) is 19.1 Å². The molecule has 1 atom stereocenters. The maximum absolute atomic E-state index is 11.8. The Balaban J connectivity index is 1.82. The molecule has 0 fully saturated rings. The van der Waals surface area contributed by atoms with E-state index in [2.05, 4.69) is 5.32 Å². The molecule has 1 unspecified atom stereocenters. The molecule has 2 rings (SSSR count). The molecular formula is C17H21NO4. The second kappa shape index (κ2) is 6.66. The Morgan fingerprint density at radius 3 is 2.73 bits per heavy atom. The summed E-state index contributed by atoms with van der Waals surface area (Å²) in [5.74, 6) is 0.754. The summed E-state index contributed by atoms with van der Waals surface area (Å²) in [5, 5.41) is 12.9. The van der Waals surface area contributed by atoms with Crippen molar-refractivity contribution in [1.82, 2.24) is 5.32 Å². The lowest BCUT2D eigenvalue weighted by Gasteiger charge is -2.21.